The Hall–Kier alpha value is -1.20. The number of alkyl halides is 2. The van der Waals surface area contributed by atoms with Crippen molar-refractivity contribution in [1.29, 1.82) is 0 Å². The summed E-state index contributed by atoms with van der Waals surface area (Å²) in [6.45, 7) is 0.216. The molecule has 0 aliphatic rings. The van der Waals surface area contributed by atoms with Crippen LogP contribution in [0.4, 0.5) is 8.78 Å². The van der Waals surface area contributed by atoms with E-state index in [1.165, 1.54) is 26.4 Å². The molecule has 84 valence electrons. The van der Waals surface area contributed by atoms with Gasteiger partial charge in [0.15, 0.2) is 0 Å². The van der Waals surface area contributed by atoms with E-state index in [2.05, 4.69) is 10.3 Å². The van der Waals surface area contributed by atoms with Crippen LogP contribution in [-0.2, 0) is 11.4 Å². The zero-order chi connectivity index (χ0) is 11.3. The zero-order valence-electron chi connectivity index (χ0n) is 8.59. The predicted molar refractivity (Wildman–Crippen MR) is 51.8 cm³/mol. The van der Waals surface area contributed by atoms with E-state index in [1.54, 1.807) is 6.07 Å². The Bertz CT molecular complexity index is 318. The van der Waals surface area contributed by atoms with Crippen LogP contribution in [0.25, 0.3) is 0 Å². The van der Waals surface area contributed by atoms with Gasteiger partial charge in [0.2, 0.25) is 0 Å². The molecule has 0 fully saturated rings. The Morgan fingerprint density at radius 2 is 2.07 bits per heavy atom. The highest BCUT2D eigenvalue weighted by Gasteiger charge is 2.13. The maximum Gasteiger partial charge on any atom is 0.264 e. The van der Waals surface area contributed by atoms with Gasteiger partial charge in [0.1, 0.15) is 5.75 Å². The fourth-order valence-corrected chi connectivity index (χ4v) is 1.22. The van der Waals surface area contributed by atoms with Gasteiger partial charge in [-0.1, -0.05) is 0 Å². The molecule has 1 aromatic rings. The first kappa shape index (κ1) is 11.9. The first-order valence-corrected chi connectivity index (χ1v) is 4.39. The van der Waals surface area contributed by atoms with Crippen molar-refractivity contribution in [2.45, 2.75) is 13.0 Å². The molecule has 0 bridgehead atoms. The van der Waals surface area contributed by atoms with E-state index in [0.717, 1.165) is 0 Å². The number of nitrogens with one attached hydrogen (secondary N) is 1. The smallest absolute Gasteiger partial charge is 0.264 e. The van der Waals surface area contributed by atoms with Crippen molar-refractivity contribution in [3.05, 3.63) is 29.3 Å². The van der Waals surface area contributed by atoms with Crippen LogP contribution in [0.15, 0.2) is 18.2 Å². The zero-order valence-corrected chi connectivity index (χ0v) is 8.59. The number of methoxy groups -OCH3 is 1. The molecule has 0 heterocycles. The number of ether oxygens (including phenoxy) is 1. The van der Waals surface area contributed by atoms with Gasteiger partial charge in [-0.15, -0.1) is 0 Å². The molecule has 0 atom stereocenters. The fraction of sp³-hybridized carbons (Fsp3) is 0.400. The average Bonchev–Trinajstić information content (AvgIpc) is 2.25. The van der Waals surface area contributed by atoms with Crippen molar-refractivity contribution < 1.29 is 18.4 Å². The molecule has 0 aliphatic heterocycles. The summed E-state index contributed by atoms with van der Waals surface area (Å²) in [6, 6.07) is 4.43. The Balaban J connectivity index is 2.94. The highest BCUT2D eigenvalue weighted by atomic mass is 19.3. The van der Waals surface area contributed by atoms with Crippen LogP contribution in [0.1, 0.15) is 17.6 Å². The van der Waals surface area contributed by atoms with Gasteiger partial charge >= 0.3 is 0 Å². The lowest BCUT2D eigenvalue weighted by Gasteiger charge is -2.10. The second-order valence-corrected chi connectivity index (χ2v) is 2.89. The first-order valence-electron chi connectivity index (χ1n) is 4.39. The third kappa shape index (κ3) is 3.14. The molecule has 1 aromatic carbocycles. The van der Waals surface area contributed by atoms with E-state index in [9.17, 15) is 8.78 Å². The van der Waals surface area contributed by atoms with E-state index in [0.29, 0.717) is 11.3 Å². The monoisotopic (exact) mass is 217 g/mol. The highest BCUT2D eigenvalue weighted by Crippen LogP contribution is 2.26. The quantitative estimate of drug-likeness (QED) is 0.767. The molecule has 3 nitrogen and oxygen atoms in total. The molecule has 5 heteroatoms. The summed E-state index contributed by atoms with van der Waals surface area (Å²) in [6.07, 6.45) is -2.50. The molecule has 0 amide bonds. The molecule has 0 aromatic heterocycles. The van der Waals surface area contributed by atoms with Crippen LogP contribution < -0.4 is 10.2 Å². The number of hydroxylamine groups is 1. The van der Waals surface area contributed by atoms with Crippen LogP contribution in [0.2, 0.25) is 0 Å². The maximum atomic E-state index is 12.6. The van der Waals surface area contributed by atoms with Gasteiger partial charge in [-0.05, 0) is 23.8 Å². The molecule has 0 spiro atoms. The summed E-state index contributed by atoms with van der Waals surface area (Å²) in [7, 11) is 2.92. The number of rotatable bonds is 5. The highest BCUT2D eigenvalue weighted by molar-refractivity contribution is 5.36. The van der Waals surface area contributed by atoms with Gasteiger partial charge < -0.3 is 9.57 Å². The van der Waals surface area contributed by atoms with Crippen molar-refractivity contribution in [2.75, 3.05) is 14.2 Å². The van der Waals surface area contributed by atoms with Crippen molar-refractivity contribution in [1.82, 2.24) is 5.48 Å². The topological polar surface area (TPSA) is 30.5 Å². The van der Waals surface area contributed by atoms with Gasteiger partial charge in [-0.3, -0.25) is 0 Å². The molecule has 1 N–H and O–H groups in total. The summed E-state index contributed by atoms with van der Waals surface area (Å²) in [4.78, 5) is 4.62. The number of halogens is 2. The summed E-state index contributed by atoms with van der Waals surface area (Å²) in [5.74, 6) is 0.548. The lowest BCUT2D eigenvalue weighted by Crippen LogP contribution is -2.12. The third-order valence-electron chi connectivity index (χ3n) is 1.99. The fourth-order valence-electron chi connectivity index (χ4n) is 1.22. The molecular formula is C10H13F2NO2. The SMILES string of the molecule is CONCc1cc(OC)ccc1C(F)F. The second kappa shape index (κ2) is 5.63. The largest absolute Gasteiger partial charge is 0.497 e. The predicted octanol–water partition coefficient (Wildman–Crippen LogP) is 2.28. The van der Waals surface area contributed by atoms with Gasteiger partial charge in [0.25, 0.3) is 6.43 Å². The summed E-state index contributed by atoms with van der Waals surface area (Å²) < 4.78 is 30.1. The Kier molecular flexibility index (Phi) is 4.45. The van der Waals surface area contributed by atoms with E-state index in [-0.39, 0.29) is 12.1 Å². The Labute approximate surface area is 87.0 Å². The lowest BCUT2D eigenvalue weighted by molar-refractivity contribution is 0.0848. The lowest BCUT2D eigenvalue weighted by atomic mass is 10.1. The van der Waals surface area contributed by atoms with E-state index in [4.69, 9.17) is 4.74 Å². The normalized spacial score (nSPS) is 10.7. The molecule has 0 unspecified atom stereocenters. The Morgan fingerprint density at radius 3 is 2.60 bits per heavy atom. The summed E-state index contributed by atoms with van der Waals surface area (Å²) in [5, 5.41) is 0. The molecule has 0 saturated carbocycles. The Morgan fingerprint density at radius 1 is 1.33 bits per heavy atom. The van der Waals surface area contributed by atoms with Crippen LogP contribution >= 0.6 is 0 Å². The number of benzene rings is 1. The van der Waals surface area contributed by atoms with E-state index >= 15 is 0 Å². The minimum Gasteiger partial charge on any atom is -0.497 e. The maximum absolute atomic E-state index is 12.6. The van der Waals surface area contributed by atoms with E-state index in [1.807, 2.05) is 0 Å². The van der Waals surface area contributed by atoms with Crippen molar-refractivity contribution in [3.63, 3.8) is 0 Å². The van der Waals surface area contributed by atoms with Crippen LogP contribution in [0, 0.1) is 0 Å². The minimum atomic E-state index is -2.50. The molecule has 0 saturated heterocycles. The second-order valence-electron chi connectivity index (χ2n) is 2.89. The van der Waals surface area contributed by atoms with Gasteiger partial charge in [0.05, 0.1) is 14.2 Å². The van der Waals surface area contributed by atoms with Crippen molar-refractivity contribution in [3.8, 4) is 5.75 Å². The van der Waals surface area contributed by atoms with Gasteiger partial charge in [0, 0.05) is 12.1 Å². The summed E-state index contributed by atoms with van der Waals surface area (Å²) >= 11 is 0. The van der Waals surface area contributed by atoms with Crippen LogP contribution in [-0.4, -0.2) is 14.2 Å². The van der Waals surface area contributed by atoms with Crippen LogP contribution in [0.3, 0.4) is 0 Å². The molecular weight excluding hydrogens is 204 g/mol. The number of hydrogen-bond donors (Lipinski definition) is 1. The summed E-state index contributed by atoms with van der Waals surface area (Å²) in [5.41, 5.74) is 2.97. The molecule has 15 heavy (non-hydrogen) atoms. The van der Waals surface area contributed by atoms with Crippen LogP contribution in [0.5, 0.6) is 5.75 Å². The average molecular weight is 217 g/mol. The van der Waals surface area contributed by atoms with E-state index < -0.39 is 6.43 Å². The minimum absolute atomic E-state index is 0.0136. The van der Waals surface area contributed by atoms with Gasteiger partial charge in [-0.2, -0.15) is 5.48 Å². The van der Waals surface area contributed by atoms with Crippen molar-refractivity contribution in [2.24, 2.45) is 0 Å². The first-order chi connectivity index (χ1) is 7.19. The molecule has 0 aliphatic carbocycles. The molecule has 1 rings (SSSR count). The molecule has 0 radical (unpaired) electrons. The standard InChI is InChI=1S/C10H13F2NO2/c1-14-8-3-4-9(10(11)12)7(5-8)6-13-15-2/h3-5,10,13H,6H2,1-2H3. The number of hydrogen-bond acceptors (Lipinski definition) is 3. The van der Waals surface area contributed by atoms with Crippen molar-refractivity contribution >= 4 is 0 Å². The third-order valence-corrected chi connectivity index (χ3v) is 1.99. The van der Waals surface area contributed by atoms with Gasteiger partial charge in [-0.25, -0.2) is 8.78 Å².